The van der Waals surface area contributed by atoms with E-state index in [1.807, 2.05) is 32.6 Å². The number of rotatable bonds is 3. The molecule has 0 spiro atoms. The molecule has 6 nitrogen and oxygen atoms in total. The minimum absolute atomic E-state index is 0.00741. The third-order valence-electron chi connectivity index (χ3n) is 3.50. The molecule has 0 N–H and O–H groups in total. The maximum Gasteiger partial charge on any atom is 0.410 e. The van der Waals surface area contributed by atoms with Gasteiger partial charge in [0.15, 0.2) is 5.76 Å². The van der Waals surface area contributed by atoms with Gasteiger partial charge in [-0.3, -0.25) is 9.69 Å². The summed E-state index contributed by atoms with van der Waals surface area (Å²) in [6, 6.07) is 3.38. The van der Waals surface area contributed by atoms with Crippen LogP contribution in [0.3, 0.4) is 0 Å². The van der Waals surface area contributed by atoms with Crippen LogP contribution in [0.2, 0.25) is 0 Å². The molecule has 2 heterocycles. The molecule has 1 aromatic heterocycles. The highest BCUT2D eigenvalue weighted by Gasteiger charge is 2.31. The van der Waals surface area contributed by atoms with Crippen molar-refractivity contribution in [3.63, 3.8) is 0 Å². The summed E-state index contributed by atoms with van der Waals surface area (Å²) < 4.78 is 10.5. The molecule has 1 amide bonds. The van der Waals surface area contributed by atoms with Crippen molar-refractivity contribution in [3.05, 3.63) is 24.2 Å². The van der Waals surface area contributed by atoms with E-state index < -0.39 is 5.60 Å². The van der Waals surface area contributed by atoms with E-state index in [2.05, 4.69) is 0 Å². The summed E-state index contributed by atoms with van der Waals surface area (Å²) in [4.78, 5) is 27.9. The second kappa shape index (κ2) is 6.52. The first-order valence-corrected chi connectivity index (χ1v) is 7.55. The number of piperazine rings is 1. The Kier molecular flexibility index (Phi) is 4.90. The van der Waals surface area contributed by atoms with E-state index in [-0.39, 0.29) is 17.9 Å². The fourth-order valence-electron chi connectivity index (χ4n) is 2.49. The summed E-state index contributed by atoms with van der Waals surface area (Å²) in [5.74, 6) is 0.338. The molecular weight excluding hydrogens is 284 g/mol. The second-order valence-corrected chi connectivity index (χ2v) is 6.66. The number of hydrogen-bond acceptors (Lipinski definition) is 5. The second-order valence-electron chi connectivity index (χ2n) is 6.66. The van der Waals surface area contributed by atoms with Gasteiger partial charge in [-0.1, -0.05) is 0 Å². The van der Waals surface area contributed by atoms with Gasteiger partial charge in [-0.25, -0.2) is 4.79 Å². The number of furan rings is 1. The summed E-state index contributed by atoms with van der Waals surface area (Å²) in [6.45, 7) is 9.69. The van der Waals surface area contributed by atoms with E-state index in [4.69, 9.17) is 9.15 Å². The average molecular weight is 308 g/mol. The highest BCUT2D eigenvalue weighted by molar-refractivity contribution is 5.95. The lowest BCUT2D eigenvalue weighted by Gasteiger charge is -2.39. The highest BCUT2D eigenvalue weighted by Crippen LogP contribution is 2.16. The van der Waals surface area contributed by atoms with Crippen molar-refractivity contribution in [2.45, 2.75) is 39.3 Å². The third-order valence-corrected chi connectivity index (χ3v) is 3.50. The van der Waals surface area contributed by atoms with Gasteiger partial charge in [-0.15, -0.1) is 0 Å². The molecule has 0 saturated carbocycles. The van der Waals surface area contributed by atoms with Crippen molar-refractivity contribution in [1.29, 1.82) is 0 Å². The van der Waals surface area contributed by atoms with Crippen LogP contribution in [0.5, 0.6) is 0 Å². The molecule has 2 rings (SSSR count). The standard InChI is InChI=1S/C16H24N2O4/c1-12-10-17(11-13(19)14-6-5-9-21-14)7-8-18(12)15(20)22-16(2,3)4/h5-6,9,12H,7-8,10-11H2,1-4H3/t12-/m0/s1. The summed E-state index contributed by atoms with van der Waals surface area (Å²) >= 11 is 0. The molecule has 0 aromatic carbocycles. The summed E-state index contributed by atoms with van der Waals surface area (Å²) in [7, 11) is 0. The molecule has 1 saturated heterocycles. The lowest BCUT2D eigenvalue weighted by Crippen LogP contribution is -2.55. The predicted octanol–water partition coefficient (Wildman–Crippen LogP) is 2.40. The van der Waals surface area contributed by atoms with E-state index >= 15 is 0 Å². The number of ketones is 1. The monoisotopic (exact) mass is 308 g/mol. The number of carbonyl (C=O) groups excluding carboxylic acids is 2. The van der Waals surface area contributed by atoms with E-state index in [1.165, 1.54) is 6.26 Å². The van der Waals surface area contributed by atoms with Crippen LogP contribution in [0.25, 0.3) is 0 Å². The van der Waals surface area contributed by atoms with Gasteiger partial charge in [0, 0.05) is 25.7 Å². The Balaban J connectivity index is 1.87. The summed E-state index contributed by atoms with van der Waals surface area (Å²) in [5, 5.41) is 0. The maximum atomic E-state index is 12.1. The van der Waals surface area contributed by atoms with Gasteiger partial charge in [0.2, 0.25) is 5.78 Å². The molecule has 1 aliphatic rings. The van der Waals surface area contributed by atoms with E-state index in [9.17, 15) is 9.59 Å². The van der Waals surface area contributed by atoms with Crippen LogP contribution in [0.1, 0.15) is 38.2 Å². The summed E-state index contributed by atoms with van der Waals surface area (Å²) in [5.41, 5.74) is -0.497. The SMILES string of the molecule is C[C@H]1CN(CC(=O)c2ccco2)CCN1C(=O)OC(C)(C)C. The molecule has 0 aliphatic carbocycles. The first kappa shape index (κ1) is 16.5. The number of carbonyl (C=O) groups is 2. The molecule has 1 aliphatic heterocycles. The maximum absolute atomic E-state index is 12.1. The Bertz CT molecular complexity index is 519. The molecule has 0 bridgehead atoms. The highest BCUT2D eigenvalue weighted by atomic mass is 16.6. The van der Waals surface area contributed by atoms with Crippen molar-refractivity contribution < 1.29 is 18.7 Å². The number of hydrogen-bond donors (Lipinski definition) is 0. The van der Waals surface area contributed by atoms with Crippen molar-refractivity contribution in [3.8, 4) is 0 Å². The van der Waals surface area contributed by atoms with Crippen LogP contribution in [0, 0.1) is 0 Å². The summed E-state index contributed by atoms with van der Waals surface area (Å²) in [6.07, 6.45) is 1.20. The molecule has 0 radical (unpaired) electrons. The van der Waals surface area contributed by atoms with Crippen molar-refractivity contribution in [1.82, 2.24) is 9.80 Å². The quantitative estimate of drug-likeness (QED) is 0.802. The zero-order chi connectivity index (χ0) is 16.3. The minimum atomic E-state index is -0.497. The van der Waals surface area contributed by atoms with E-state index in [0.717, 1.165) is 0 Å². The zero-order valence-corrected chi connectivity index (χ0v) is 13.7. The predicted molar refractivity (Wildman–Crippen MR) is 81.9 cm³/mol. The Morgan fingerprint density at radius 1 is 1.36 bits per heavy atom. The topological polar surface area (TPSA) is 63.0 Å². The van der Waals surface area contributed by atoms with Crippen LogP contribution >= 0.6 is 0 Å². The number of nitrogens with zero attached hydrogens (tertiary/aromatic N) is 2. The van der Waals surface area contributed by atoms with E-state index in [0.29, 0.717) is 31.9 Å². The van der Waals surface area contributed by atoms with Gasteiger partial charge >= 0.3 is 6.09 Å². The number of Topliss-reactive ketones (excluding diaryl/α,β-unsaturated/α-hetero) is 1. The molecule has 122 valence electrons. The Morgan fingerprint density at radius 2 is 2.09 bits per heavy atom. The Hall–Kier alpha value is -1.82. The molecular formula is C16H24N2O4. The fourth-order valence-corrected chi connectivity index (χ4v) is 2.49. The molecule has 22 heavy (non-hydrogen) atoms. The van der Waals surface area contributed by atoms with Gasteiger partial charge in [0.25, 0.3) is 0 Å². The molecule has 0 unspecified atom stereocenters. The van der Waals surface area contributed by atoms with Crippen molar-refractivity contribution in [2.24, 2.45) is 0 Å². The number of ether oxygens (including phenoxy) is 1. The normalized spacial score (nSPS) is 20.0. The van der Waals surface area contributed by atoms with Crippen molar-refractivity contribution in [2.75, 3.05) is 26.2 Å². The fraction of sp³-hybridized carbons (Fsp3) is 0.625. The third kappa shape index (κ3) is 4.34. The zero-order valence-electron chi connectivity index (χ0n) is 13.7. The first-order valence-electron chi connectivity index (χ1n) is 7.55. The van der Waals surface area contributed by atoms with Gasteiger partial charge in [0.1, 0.15) is 5.60 Å². The van der Waals surface area contributed by atoms with E-state index in [1.54, 1.807) is 17.0 Å². The van der Waals surface area contributed by atoms with Crippen LogP contribution < -0.4 is 0 Å². The molecule has 1 fully saturated rings. The molecule has 6 heteroatoms. The van der Waals surface area contributed by atoms with Gasteiger partial charge < -0.3 is 14.1 Å². The van der Waals surface area contributed by atoms with Crippen LogP contribution in [-0.2, 0) is 4.74 Å². The van der Waals surface area contributed by atoms with Crippen LogP contribution in [-0.4, -0.2) is 59.5 Å². The van der Waals surface area contributed by atoms with Gasteiger partial charge in [-0.2, -0.15) is 0 Å². The first-order chi connectivity index (χ1) is 10.3. The van der Waals surface area contributed by atoms with Crippen molar-refractivity contribution >= 4 is 11.9 Å². The Morgan fingerprint density at radius 3 is 2.64 bits per heavy atom. The lowest BCUT2D eigenvalue weighted by atomic mass is 10.1. The average Bonchev–Trinajstić information content (AvgIpc) is 2.90. The molecule has 1 aromatic rings. The van der Waals surface area contributed by atoms with Gasteiger partial charge in [0.05, 0.1) is 12.8 Å². The largest absolute Gasteiger partial charge is 0.461 e. The number of amides is 1. The van der Waals surface area contributed by atoms with Crippen LogP contribution in [0.15, 0.2) is 22.8 Å². The van der Waals surface area contributed by atoms with Gasteiger partial charge in [-0.05, 0) is 39.8 Å². The lowest BCUT2D eigenvalue weighted by molar-refractivity contribution is 0.00211. The van der Waals surface area contributed by atoms with Crippen LogP contribution in [0.4, 0.5) is 4.79 Å². The molecule has 1 atom stereocenters. The minimum Gasteiger partial charge on any atom is -0.461 e. The smallest absolute Gasteiger partial charge is 0.410 e. The Labute approximate surface area is 131 Å².